The van der Waals surface area contributed by atoms with E-state index < -0.39 is 0 Å². The lowest BCUT2D eigenvalue weighted by Gasteiger charge is -1.93. The van der Waals surface area contributed by atoms with Crippen LogP contribution in [0.3, 0.4) is 0 Å². The zero-order chi connectivity index (χ0) is 8.81. The van der Waals surface area contributed by atoms with Crippen molar-refractivity contribution >= 4 is 0 Å². The quantitative estimate of drug-likeness (QED) is 0.479. The van der Waals surface area contributed by atoms with Gasteiger partial charge in [0.25, 0.3) is 0 Å². The predicted molar refractivity (Wildman–Crippen MR) is 47.5 cm³/mol. The van der Waals surface area contributed by atoms with Crippen molar-refractivity contribution in [1.82, 2.24) is 9.90 Å². The van der Waals surface area contributed by atoms with Gasteiger partial charge in [0, 0.05) is 0 Å². The Hall–Kier alpha value is -0.860. The molecule has 1 heterocycles. The maximum absolute atomic E-state index is 4.24. The van der Waals surface area contributed by atoms with Gasteiger partial charge in [-0.05, 0) is 12.8 Å². The smallest absolute Gasteiger partial charge is 0.141 e. The Balaban J connectivity index is 2.15. The summed E-state index contributed by atoms with van der Waals surface area (Å²) in [6.45, 7) is 3.29. The van der Waals surface area contributed by atoms with Gasteiger partial charge < -0.3 is 0 Å². The monoisotopic (exact) mass is 168 g/mol. The van der Waals surface area contributed by atoms with Crippen LogP contribution in [0, 0.1) is 0 Å². The number of rotatable bonds is 5. The van der Waals surface area contributed by atoms with Crippen LogP contribution >= 0.6 is 0 Å². The predicted octanol–water partition coefficient (Wildman–Crippen LogP) is 1.29. The van der Waals surface area contributed by atoms with E-state index in [-0.39, 0.29) is 0 Å². The second kappa shape index (κ2) is 4.91. The van der Waals surface area contributed by atoms with Gasteiger partial charge in [-0.2, -0.15) is 0 Å². The average molecular weight is 168 g/mol. The van der Waals surface area contributed by atoms with Crippen molar-refractivity contribution in [3.05, 3.63) is 12.4 Å². The summed E-state index contributed by atoms with van der Waals surface area (Å²) in [5.41, 5.74) is 0. The van der Waals surface area contributed by atoms with Crippen LogP contribution in [0.5, 0.6) is 0 Å². The molecule has 0 spiro atoms. The molecule has 0 saturated heterocycles. The van der Waals surface area contributed by atoms with E-state index >= 15 is 0 Å². The molecule has 1 aromatic rings. The van der Waals surface area contributed by atoms with E-state index in [0.717, 1.165) is 6.54 Å². The molecule has 0 N–H and O–H groups in total. The fourth-order valence-corrected chi connectivity index (χ4v) is 1.23. The first-order chi connectivity index (χ1) is 5.83. The molecule has 1 aromatic heterocycles. The molecule has 12 heavy (non-hydrogen) atoms. The standard InChI is InChI=1S/C9H18N3/c1-3-4-5-6-7-12-9-8-11(2)10-12/h8-9H,3-7H2,1-2H3/q+1. The largest absolute Gasteiger partial charge is 0.155 e. The van der Waals surface area contributed by atoms with Crippen LogP contribution in [-0.2, 0) is 13.6 Å². The minimum Gasteiger partial charge on any atom is -0.141 e. The Morgan fingerprint density at radius 2 is 2.17 bits per heavy atom. The number of aromatic nitrogens is 3. The van der Waals surface area contributed by atoms with Gasteiger partial charge in [0.1, 0.15) is 13.6 Å². The van der Waals surface area contributed by atoms with Crippen molar-refractivity contribution in [2.75, 3.05) is 0 Å². The molecular formula is C9H18N3+. The summed E-state index contributed by atoms with van der Waals surface area (Å²) in [4.78, 5) is 0. The van der Waals surface area contributed by atoms with Crippen LogP contribution in [0.25, 0.3) is 0 Å². The van der Waals surface area contributed by atoms with Crippen LogP contribution in [0.1, 0.15) is 32.6 Å². The Morgan fingerprint density at radius 3 is 2.75 bits per heavy atom. The molecule has 0 fully saturated rings. The minimum atomic E-state index is 1.06. The van der Waals surface area contributed by atoms with E-state index in [4.69, 9.17) is 0 Å². The molecule has 0 atom stereocenters. The first-order valence-corrected chi connectivity index (χ1v) is 4.72. The summed E-state index contributed by atoms with van der Waals surface area (Å²) in [6, 6.07) is 0. The molecule has 3 nitrogen and oxygen atoms in total. The number of unbranched alkanes of at least 4 members (excludes halogenated alkanes) is 3. The van der Waals surface area contributed by atoms with Crippen LogP contribution in [0.15, 0.2) is 12.4 Å². The average Bonchev–Trinajstić information content (AvgIpc) is 2.45. The van der Waals surface area contributed by atoms with E-state index in [1.54, 1.807) is 0 Å². The van der Waals surface area contributed by atoms with Gasteiger partial charge in [-0.3, -0.25) is 0 Å². The molecule has 0 amide bonds. The van der Waals surface area contributed by atoms with E-state index in [1.165, 1.54) is 25.7 Å². The summed E-state index contributed by atoms with van der Waals surface area (Å²) in [6.07, 6.45) is 9.20. The molecule has 0 saturated carbocycles. The number of aryl methyl sites for hydroxylation is 2. The number of nitrogens with zero attached hydrogens (tertiary/aromatic N) is 3. The Morgan fingerprint density at radius 1 is 1.33 bits per heavy atom. The zero-order valence-corrected chi connectivity index (χ0v) is 8.03. The highest BCUT2D eigenvalue weighted by atomic mass is 15.5. The molecule has 0 unspecified atom stereocenters. The van der Waals surface area contributed by atoms with Crippen molar-refractivity contribution in [2.24, 2.45) is 7.05 Å². The molecule has 1 rings (SSSR count). The fraction of sp³-hybridized carbons (Fsp3) is 0.778. The highest BCUT2D eigenvalue weighted by Crippen LogP contribution is 1.99. The van der Waals surface area contributed by atoms with Gasteiger partial charge in [0.2, 0.25) is 0 Å². The Kier molecular flexibility index (Phi) is 3.77. The van der Waals surface area contributed by atoms with E-state index in [0.29, 0.717) is 0 Å². The molecule has 0 aliphatic carbocycles. The summed E-state index contributed by atoms with van der Waals surface area (Å²) in [5.74, 6) is 0. The van der Waals surface area contributed by atoms with Gasteiger partial charge in [-0.15, -0.1) is 9.36 Å². The van der Waals surface area contributed by atoms with Crippen molar-refractivity contribution in [3.63, 3.8) is 0 Å². The second-order valence-electron chi connectivity index (χ2n) is 3.18. The maximum Gasteiger partial charge on any atom is 0.155 e. The van der Waals surface area contributed by atoms with Crippen molar-refractivity contribution in [1.29, 1.82) is 0 Å². The molecule has 3 heteroatoms. The zero-order valence-electron chi connectivity index (χ0n) is 8.03. The first kappa shape index (κ1) is 9.23. The van der Waals surface area contributed by atoms with Crippen molar-refractivity contribution in [3.8, 4) is 0 Å². The first-order valence-electron chi connectivity index (χ1n) is 4.72. The normalized spacial score (nSPS) is 10.5. The van der Waals surface area contributed by atoms with E-state index in [1.807, 2.05) is 28.8 Å². The Labute approximate surface area is 74.0 Å². The van der Waals surface area contributed by atoms with Crippen LogP contribution in [0.4, 0.5) is 0 Å². The summed E-state index contributed by atoms with van der Waals surface area (Å²) in [5, 5.41) is 4.24. The van der Waals surface area contributed by atoms with Gasteiger partial charge in [-0.1, -0.05) is 19.8 Å². The molecule has 0 aliphatic rings. The van der Waals surface area contributed by atoms with Gasteiger partial charge in [-0.25, -0.2) is 0 Å². The lowest BCUT2D eigenvalue weighted by Crippen LogP contribution is -2.30. The van der Waals surface area contributed by atoms with E-state index in [2.05, 4.69) is 12.1 Å². The third kappa shape index (κ3) is 3.03. The minimum absolute atomic E-state index is 1.06. The van der Waals surface area contributed by atoms with Crippen molar-refractivity contribution < 1.29 is 4.68 Å². The molecule has 68 valence electrons. The second-order valence-corrected chi connectivity index (χ2v) is 3.18. The Bertz CT molecular complexity index is 217. The molecule has 0 aromatic carbocycles. The SMILES string of the molecule is CCCCCCn1cc[n+](C)n1. The highest BCUT2D eigenvalue weighted by Gasteiger charge is 1.99. The third-order valence-corrected chi connectivity index (χ3v) is 1.95. The van der Waals surface area contributed by atoms with Crippen LogP contribution < -0.4 is 4.68 Å². The topological polar surface area (TPSA) is 21.7 Å². The van der Waals surface area contributed by atoms with E-state index in [9.17, 15) is 0 Å². The highest BCUT2D eigenvalue weighted by molar-refractivity contribution is 4.57. The maximum atomic E-state index is 4.24. The molecule has 0 bridgehead atoms. The van der Waals surface area contributed by atoms with Crippen LogP contribution in [-0.4, -0.2) is 9.90 Å². The van der Waals surface area contributed by atoms with Crippen LogP contribution in [0.2, 0.25) is 0 Å². The number of hydrogen-bond acceptors (Lipinski definition) is 1. The lowest BCUT2D eigenvalue weighted by molar-refractivity contribution is -0.732. The van der Waals surface area contributed by atoms with Gasteiger partial charge in [0.15, 0.2) is 12.4 Å². The number of hydrogen-bond donors (Lipinski definition) is 0. The van der Waals surface area contributed by atoms with Gasteiger partial charge >= 0.3 is 0 Å². The molecule has 0 aliphatic heterocycles. The summed E-state index contributed by atoms with van der Waals surface area (Å²) in [7, 11) is 1.95. The third-order valence-electron chi connectivity index (χ3n) is 1.95. The molecule has 0 radical (unpaired) electrons. The lowest BCUT2D eigenvalue weighted by atomic mass is 10.2. The van der Waals surface area contributed by atoms with Gasteiger partial charge in [0.05, 0.1) is 5.21 Å². The summed E-state index contributed by atoms with van der Waals surface area (Å²) >= 11 is 0. The van der Waals surface area contributed by atoms with Crippen molar-refractivity contribution in [2.45, 2.75) is 39.2 Å². The molecular weight excluding hydrogens is 150 g/mol. The fourth-order valence-electron chi connectivity index (χ4n) is 1.23. The summed E-state index contributed by atoms with van der Waals surface area (Å²) < 4.78 is 3.83.